The SMILES string of the molecule is CNn1c(C(=N)N2CCOCC2)ccc1C(C)(C)O. The van der Waals surface area contributed by atoms with Crippen LogP contribution >= 0.6 is 0 Å². The smallest absolute Gasteiger partial charge is 0.147 e. The van der Waals surface area contributed by atoms with E-state index in [1.807, 2.05) is 17.0 Å². The zero-order chi connectivity index (χ0) is 14.0. The Balaban J connectivity index is 2.29. The number of ether oxygens (including phenoxy) is 1. The maximum Gasteiger partial charge on any atom is 0.147 e. The van der Waals surface area contributed by atoms with E-state index in [1.165, 1.54) is 0 Å². The van der Waals surface area contributed by atoms with Crippen LogP contribution in [0.1, 0.15) is 25.2 Å². The molecule has 1 saturated heterocycles. The van der Waals surface area contributed by atoms with Crippen molar-refractivity contribution in [3.63, 3.8) is 0 Å². The van der Waals surface area contributed by atoms with Crippen LogP contribution in [0.2, 0.25) is 0 Å². The summed E-state index contributed by atoms with van der Waals surface area (Å²) in [6, 6.07) is 3.71. The number of amidine groups is 1. The second-order valence-electron chi connectivity index (χ2n) is 5.17. The average molecular weight is 266 g/mol. The molecule has 6 nitrogen and oxygen atoms in total. The van der Waals surface area contributed by atoms with E-state index < -0.39 is 5.60 Å². The van der Waals surface area contributed by atoms with Gasteiger partial charge < -0.3 is 20.2 Å². The van der Waals surface area contributed by atoms with Crippen molar-refractivity contribution in [3.8, 4) is 0 Å². The van der Waals surface area contributed by atoms with E-state index in [0.717, 1.165) is 24.5 Å². The Morgan fingerprint density at radius 2 is 2.00 bits per heavy atom. The van der Waals surface area contributed by atoms with Crippen molar-refractivity contribution in [3.05, 3.63) is 23.5 Å². The molecule has 0 aromatic carbocycles. The molecule has 0 aliphatic carbocycles. The normalized spacial score (nSPS) is 16.5. The van der Waals surface area contributed by atoms with Crippen LogP contribution in [-0.4, -0.2) is 53.9 Å². The fraction of sp³-hybridized carbons (Fsp3) is 0.615. The molecule has 1 aromatic rings. The number of morpholine rings is 1. The van der Waals surface area contributed by atoms with Gasteiger partial charge in [0.05, 0.1) is 18.9 Å². The third-order valence-corrected chi connectivity index (χ3v) is 3.30. The number of nitrogens with zero attached hydrogens (tertiary/aromatic N) is 2. The van der Waals surface area contributed by atoms with E-state index in [2.05, 4.69) is 5.43 Å². The molecule has 19 heavy (non-hydrogen) atoms. The van der Waals surface area contributed by atoms with Gasteiger partial charge in [-0.1, -0.05) is 0 Å². The summed E-state index contributed by atoms with van der Waals surface area (Å²) in [6.07, 6.45) is 0. The topological polar surface area (TPSA) is 73.5 Å². The number of nitrogens with one attached hydrogen (secondary N) is 2. The highest BCUT2D eigenvalue weighted by Gasteiger charge is 2.25. The minimum absolute atomic E-state index is 0.452. The third kappa shape index (κ3) is 2.74. The quantitative estimate of drug-likeness (QED) is 0.552. The number of rotatable bonds is 3. The van der Waals surface area contributed by atoms with Gasteiger partial charge in [0.2, 0.25) is 0 Å². The molecule has 0 radical (unpaired) electrons. The summed E-state index contributed by atoms with van der Waals surface area (Å²) < 4.78 is 7.06. The molecule has 1 aromatic heterocycles. The van der Waals surface area contributed by atoms with Crippen LogP contribution in [-0.2, 0) is 10.3 Å². The first-order chi connectivity index (χ1) is 8.95. The minimum atomic E-state index is -0.952. The highest BCUT2D eigenvalue weighted by atomic mass is 16.5. The minimum Gasteiger partial charge on any atom is -0.384 e. The Labute approximate surface area is 113 Å². The van der Waals surface area contributed by atoms with Crippen LogP contribution in [0.15, 0.2) is 12.1 Å². The fourth-order valence-corrected chi connectivity index (χ4v) is 2.29. The van der Waals surface area contributed by atoms with E-state index >= 15 is 0 Å². The maximum absolute atomic E-state index is 10.1. The second kappa shape index (κ2) is 5.22. The van der Waals surface area contributed by atoms with Gasteiger partial charge in [-0.2, -0.15) is 0 Å². The largest absolute Gasteiger partial charge is 0.384 e. The Hall–Kier alpha value is -1.53. The van der Waals surface area contributed by atoms with Gasteiger partial charge in [0, 0.05) is 20.1 Å². The van der Waals surface area contributed by atoms with Crippen molar-refractivity contribution in [1.29, 1.82) is 5.41 Å². The average Bonchev–Trinajstić information content (AvgIpc) is 2.82. The molecule has 1 aliphatic heterocycles. The Morgan fingerprint density at radius 3 is 2.53 bits per heavy atom. The number of aromatic nitrogens is 1. The monoisotopic (exact) mass is 266 g/mol. The summed E-state index contributed by atoms with van der Waals surface area (Å²) in [7, 11) is 1.78. The molecule has 0 saturated carbocycles. The van der Waals surface area contributed by atoms with Gasteiger partial charge in [0.15, 0.2) is 0 Å². The van der Waals surface area contributed by atoms with E-state index in [4.69, 9.17) is 10.1 Å². The van der Waals surface area contributed by atoms with Crippen LogP contribution in [0, 0.1) is 5.41 Å². The summed E-state index contributed by atoms with van der Waals surface area (Å²) in [5, 5.41) is 18.5. The van der Waals surface area contributed by atoms with Gasteiger partial charge in [0.1, 0.15) is 17.1 Å². The molecule has 6 heteroatoms. The fourth-order valence-electron chi connectivity index (χ4n) is 2.29. The van der Waals surface area contributed by atoms with Crippen molar-refractivity contribution >= 4 is 5.84 Å². The summed E-state index contributed by atoms with van der Waals surface area (Å²) in [5.74, 6) is 0.452. The molecule has 0 amide bonds. The predicted octanol–water partition coefficient (Wildman–Crippen LogP) is 0.546. The summed E-state index contributed by atoms with van der Waals surface area (Å²) in [5.41, 5.74) is 3.57. The third-order valence-electron chi connectivity index (χ3n) is 3.30. The van der Waals surface area contributed by atoms with Gasteiger partial charge in [-0.25, -0.2) is 0 Å². The molecule has 1 fully saturated rings. The van der Waals surface area contributed by atoms with Gasteiger partial charge in [0.25, 0.3) is 0 Å². The first kappa shape index (κ1) is 13.9. The molecule has 0 unspecified atom stereocenters. The Morgan fingerprint density at radius 1 is 1.37 bits per heavy atom. The maximum atomic E-state index is 10.1. The second-order valence-corrected chi connectivity index (χ2v) is 5.17. The van der Waals surface area contributed by atoms with Gasteiger partial charge in [-0.15, -0.1) is 0 Å². The molecule has 0 atom stereocenters. The molecule has 106 valence electrons. The van der Waals surface area contributed by atoms with Crippen LogP contribution in [0.4, 0.5) is 0 Å². The van der Waals surface area contributed by atoms with E-state index in [0.29, 0.717) is 19.0 Å². The van der Waals surface area contributed by atoms with Crippen molar-refractivity contribution in [2.45, 2.75) is 19.4 Å². The number of hydrogen-bond donors (Lipinski definition) is 3. The number of hydrogen-bond acceptors (Lipinski definition) is 4. The Bertz CT molecular complexity index is 456. The molecule has 1 aliphatic rings. The highest BCUT2D eigenvalue weighted by molar-refractivity contribution is 5.95. The zero-order valence-electron chi connectivity index (χ0n) is 11.7. The lowest BCUT2D eigenvalue weighted by molar-refractivity contribution is 0.0669. The molecule has 2 heterocycles. The molecular formula is C13H22N4O2. The molecule has 0 spiro atoms. The molecular weight excluding hydrogens is 244 g/mol. The predicted molar refractivity (Wildman–Crippen MR) is 74.2 cm³/mol. The lowest BCUT2D eigenvalue weighted by Gasteiger charge is -2.30. The first-order valence-electron chi connectivity index (χ1n) is 6.49. The molecule has 0 bridgehead atoms. The van der Waals surface area contributed by atoms with Crippen molar-refractivity contribution in [2.24, 2.45) is 0 Å². The summed E-state index contributed by atoms with van der Waals surface area (Å²) in [6.45, 7) is 6.23. The van der Waals surface area contributed by atoms with E-state index in [-0.39, 0.29) is 0 Å². The van der Waals surface area contributed by atoms with Crippen LogP contribution < -0.4 is 5.43 Å². The van der Waals surface area contributed by atoms with E-state index in [1.54, 1.807) is 25.6 Å². The van der Waals surface area contributed by atoms with Crippen LogP contribution in [0.3, 0.4) is 0 Å². The molecule has 2 rings (SSSR count). The van der Waals surface area contributed by atoms with Crippen molar-refractivity contribution < 1.29 is 9.84 Å². The lowest BCUT2D eigenvalue weighted by atomic mass is 10.1. The van der Waals surface area contributed by atoms with Crippen molar-refractivity contribution in [1.82, 2.24) is 9.58 Å². The van der Waals surface area contributed by atoms with Crippen LogP contribution in [0.5, 0.6) is 0 Å². The summed E-state index contributed by atoms with van der Waals surface area (Å²) >= 11 is 0. The standard InChI is InChI=1S/C13H22N4O2/c1-13(2,18)11-5-4-10(17(11)15-3)12(14)16-6-8-19-9-7-16/h4-5,14-15,18H,6-9H2,1-3H3. The highest BCUT2D eigenvalue weighted by Crippen LogP contribution is 2.22. The van der Waals surface area contributed by atoms with Crippen molar-refractivity contribution in [2.75, 3.05) is 38.8 Å². The first-order valence-corrected chi connectivity index (χ1v) is 6.49. The van der Waals surface area contributed by atoms with E-state index in [9.17, 15) is 5.11 Å². The van der Waals surface area contributed by atoms with Crippen LogP contribution in [0.25, 0.3) is 0 Å². The van der Waals surface area contributed by atoms with Gasteiger partial charge in [-0.05, 0) is 26.0 Å². The number of aliphatic hydroxyl groups is 1. The lowest BCUT2D eigenvalue weighted by Crippen LogP contribution is -2.42. The Kier molecular flexibility index (Phi) is 3.82. The zero-order valence-corrected chi connectivity index (χ0v) is 11.7. The van der Waals surface area contributed by atoms with Gasteiger partial charge in [-0.3, -0.25) is 10.1 Å². The van der Waals surface area contributed by atoms with Gasteiger partial charge >= 0.3 is 0 Å². The summed E-state index contributed by atoms with van der Waals surface area (Å²) in [4.78, 5) is 1.99. The molecule has 3 N–H and O–H groups in total.